The highest BCUT2D eigenvalue weighted by Crippen LogP contribution is 2.39. The molecular weight excluding hydrogens is 558 g/mol. The van der Waals surface area contributed by atoms with Gasteiger partial charge in [0.15, 0.2) is 0 Å². The molecule has 0 saturated carbocycles. The summed E-state index contributed by atoms with van der Waals surface area (Å²) in [7, 11) is 1.84. The van der Waals surface area contributed by atoms with Gasteiger partial charge in [-0.25, -0.2) is 4.79 Å². The molecule has 0 spiro atoms. The van der Waals surface area contributed by atoms with Crippen molar-refractivity contribution in [2.45, 2.75) is 52.9 Å². The largest absolute Gasteiger partial charge is 0.488 e. The van der Waals surface area contributed by atoms with Crippen LogP contribution in [0.1, 0.15) is 54.9 Å². The second-order valence-corrected chi connectivity index (χ2v) is 11.5. The van der Waals surface area contributed by atoms with Crippen molar-refractivity contribution in [1.82, 2.24) is 9.78 Å². The number of hydrogen-bond donors (Lipinski definition) is 1. The zero-order valence-corrected chi connectivity index (χ0v) is 25.7. The first-order valence-corrected chi connectivity index (χ1v) is 14.5. The van der Waals surface area contributed by atoms with E-state index in [0.29, 0.717) is 34.4 Å². The average molecular weight is 596 g/mol. The maximum atomic E-state index is 13.6. The van der Waals surface area contributed by atoms with E-state index in [0.717, 1.165) is 27.8 Å². The van der Waals surface area contributed by atoms with Crippen molar-refractivity contribution in [2.24, 2.45) is 12.8 Å². The SMILES string of the molecule is CCOC(=O)Cc1ccccc1OCc1c(C(=O)OC(C)(C)C)oc2c(-c3cnn(C)c3)cc(-c3cccc(CN)c3)cc12. The number of rotatable bonds is 10. The molecule has 0 fully saturated rings. The summed E-state index contributed by atoms with van der Waals surface area (Å²) >= 11 is 0. The molecule has 3 aromatic carbocycles. The maximum Gasteiger partial charge on any atom is 0.375 e. The molecule has 0 amide bonds. The Balaban J connectivity index is 1.68. The first-order valence-electron chi connectivity index (χ1n) is 14.5. The summed E-state index contributed by atoms with van der Waals surface area (Å²) in [5, 5.41) is 5.07. The lowest BCUT2D eigenvalue weighted by Gasteiger charge is -2.19. The minimum absolute atomic E-state index is 0.0137. The zero-order chi connectivity index (χ0) is 31.4. The van der Waals surface area contributed by atoms with Crippen molar-refractivity contribution in [3.05, 3.63) is 95.5 Å². The highest BCUT2D eigenvalue weighted by molar-refractivity contribution is 6.03. The van der Waals surface area contributed by atoms with E-state index in [1.807, 2.05) is 67.8 Å². The number of furan rings is 1. The molecule has 5 rings (SSSR count). The molecule has 0 radical (unpaired) electrons. The number of para-hydroxylation sites is 1. The Morgan fingerprint density at radius 2 is 1.80 bits per heavy atom. The number of carbonyl (C=O) groups excluding carboxylic acids is 2. The Bertz CT molecular complexity index is 1810. The molecule has 2 N–H and O–H groups in total. The fourth-order valence-electron chi connectivity index (χ4n) is 5.01. The standard InChI is InChI=1S/C35H37N3O6/c1-6-41-31(39)17-24-11-7-8-13-30(24)42-21-29-28-16-25(23-12-9-10-22(14-23)18-36)15-27(26-19-37-38(5)20-26)32(28)43-33(29)34(40)44-35(2,3)4/h7-16,19-20H,6,17-18,21,36H2,1-5H3. The van der Waals surface area contributed by atoms with Crippen molar-refractivity contribution in [3.63, 3.8) is 0 Å². The molecule has 0 aliphatic carbocycles. The smallest absolute Gasteiger partial charge is 0.375 e. The van der Waals surface area contributed by atoms with Gasteiger partial charge in [-0.05, 0) is 68.7 Å². The van der Waals surface area contributed by atoms with Gasteiger partial charge in [-0.15, -0.1) is 0 Å². The molecule has 228 valence electrons. The fourth-order valence-corrected chi connectivity index (χ4v) is 5.01. The molecule has 0 aliphatic rings. The lowest BCUT2D eigenvalue weighted by atomic mass is 9.95. The molecule has 5 aromatic rings. The van der Waals surface area contributed by atoms with E-state index in [4.69, 9.17) is 24.4 Å². The molecule has 0 unspecified atom stereocenters. The normalized spacial score (nSPS) is 11.5. The maximum absolute atomic E-state index is 13.6. The molecular formula is C35H37N3O6. The molecule has 0 aliphatic heterocycles. The van der Waals surface area contributed by atoms with Gasteiger partial charge in [0.25, 0.3) is 0 Å². The Labute approximate surface area is 256 Å². The van der Waals surface area contributed by atoms with Crippen LogP contribution in [-0.4, -0.2) is 33.9 Å². The topological polar surface area (TPSA) is 119 Å². The summed E-state index contributed by atoms with van der Waals surface area (Å²) in [4.78, 5) is 25.8. The second kappa shape index (κ2) is 12.8. The summed E-state index contributed by atoms with van der Waals surface area (Å²) in [6.45, 7) is 7.86. The van der Waals surface area contributed by atoms with Crippen LogP contribution in [0.5, 0.6) is 5.75 Å². The first-order chi connectivity index (χ1) is 21.1. The second-order valence-electron chi connectivity index (χ2n) is 11.5. The predicted molar refractivity (Wildman–Crippen MR) is 168 cm³/mol. The van der Waals surface area contributed by atoms with Crippen LogP contribution in [0.2, 0.25) is 0 Å². The fraction of sp³-hybridized carbons (Fsp3) is 0.286. The number of esters is 2. The van der Waals surface area contributed by atoms with E-state index in [-0.39, 0.29) is 31.4 Å². The monoisotopic (exact) mass is 595 g/mol. The number of benzene rings is 3. The van der Waals surface area contributed by atoms with Gasteiger partial charge in [-0.3, -0.25) is 9.48 Å². The lowest BCUT2D eigenvalue weighted by Crippen LogP contribution is -2.24. The quantitative estimate of drug-likeness (QED) is 0.179. The van der Waals surface area contributed by atoms with Gasteiger partial charge in [0.1, 0.15) is 23.5 Å². The Morgan fingerprint density at radius 1 is 1.00 bits per heavy atom. The van der Waals surface area contributed by atoms with Crippen LogP contribution in [0.4, 0.5) is 0 Å². The van der Waals surface area contributed by atoms with Gasteiger partial charge in [0.05, 0.1) is 24.8 Å². The van der Waals surface area contributed by atoms with Crippen molar-refractivity contribution in [2.75, 3.05) is 6.61 Å². The first kappa shape index (κ1) is 30.6. The van der Waals surface area contributed by atoms with Crippen LogP contribution in [0.25, 0.3) is 33.2 Å². The third kappa shape index (κ3) is 6.84. The van der Waals surface area contributed by atoms with Crippen molar-refractivity contribution >= 4 is 22.9 Å². The summed E-state index contributed by atoms with van der Waals surface area (Å²) in [6.07, 6.45) is 3.71. The molecule has 9 nitrogen and oxygen atoms in total. The molecule has 0 atom stereocenters. The van der Waals surface area contributed by atoms with Crippen LogP contribution < -0.4 is 10.5 Å². The molecule has 2 heterocycles. The van der Waals surface area contributed by atoms with Crippen molar-refractivity contribution < 1.29 is 28.2 Å². The van der Waals surface area contributed by atoms with Crippen LogP contribution in [0.15, 0.2) is 77.5 Å². The molecule has 0 bridgehead atoms. The van der Waals surface area contributed by atoms with Crippen molar-refractivity contribution in [3.8, 4) is 28.0 Å². The number of ether oxygens (including phenoxy) is 3. The van der Waals surface area contributed by atoms with Gasteiger partial charge in [-0.2, -0.15) is 5.10 Å². The summed E-state index contributed by atoms with van der Waals surface area (Å²) in [5.74, 6) is -0.395. The van der Waals surface area contributed by atoms with Gasteiger partial charge >= 0.3 is 11.9 Å². The van der Waals surface area contributed by atoms with E-state index in [1.165, 1.54) is 0 Å². The Morgan fingerprint density at radius 3 is 2.50 bits per heavy atom. The third-order valence-electron chi connectivity index (χ3n) is 6.97. The number of nitrogens with two attached hydrogens (primary N) is 1. The van der Waals surface area contributed by atoms with Gasteiger partial charge in [0, 0.05) is 41.9 Å². The van der Waals surface area contributed by atoms with E-state index < -0.39 is 11.6 Å². The minimum Gasteiger partial charge on any atom is -0.488 e. The molecule has 2 aromatic heterocycles. The van der Waals surface area contributed by atoms with E-state index in [1.54, 1.807) is 44.6 Å². The number of fused-ring (bicyclic) bond motifs is 1. The summed E-state index contributed by atoms with van der Waals surface area (Å²) < 4.78 is 25.3. The molecule has 0 saturated heterocycles. The highest BCUT2D eigenvalue weighted by atomic mass is 16.6. The molecule has 44 heavy (non-hydrogen) atoms. The van der Waals surface area contributed by atoms with Crippen LogP contribution in [0, 0.1) is 0 Å². The number of carbonyl (C=O) groups is 2. The van der Waals surface area contributed by atoms with Crippen LogP contribution >= 0.6 is 0 Å². The number of nitrogens with zero attached hydrogens (tertiary/aromatic N) is 2. The summed E-state index contributed by atoms with van der Waals surface area (Å²) in [6, 6.07) is 19.3. The molecule has 9 heteroatoms. The predicted octanol–water partition coefficient (Wildman–Crippen LogP) is 6.60. The highest BCUT2D eigenvalue weighted by Gasteiger charge is 2.29. The number of hydrogen-bond acceptors (Lipinski definition) is 8. The van der Waals surface area contributed by atoms with Gasteiger partial charge < -0.3 is 24.4 Å². The van der Waals surface area contributed by atoms with E-state index in [9.17, 15) is 9.59 Å². The lowest BCUT2D eigenvalue weighted by molar-refractivity contribution is -0.142. The number of aryl methyl sites for hydroxylation is 1. The average Bonchev–Trinajstić information content (AvgIpc) is 3.59. The van der Waals surface area contributed by atoms with E-state index in [2.05, 4.69) is 5.10 Å². The van der Waals surface area contributed by atoms with Gasteiger partial charge in [0.2, 0.25) is 5.76 Å². The van der Waals surface area contributed by atoms with Crippen LogP contribution in [-0.2, 0) is 40.9 Å². The van der Waals surface area contributed by atoms with Crippen LogP contribution in [0.3, 0.4) is 0 Å². The Kier molecular flexibility index (Phi) is 8.87. The van der Waals surface area contributed by atoms with Gasteiger partial charge in [-0.1, -0.05) is 36.4 Å². The van der Waals surface area contributed by atoms with Crippen molar-refractivity contribution in [1.29, 1.82) is 0 Å². The number of aromatic nitrogens is 2. The minimum atomic E-state index is -0.750. The zero-order valence-electron chi connectivity index (χ0n) is 25.7. The van der Waals surface area contributed by atoms with E-state index >= 15 is 0 Å². The summed E-state index contributed by atoms with van der Waals surface area (Å²) in [5.41, 5.74) is 11.4. The Hall–Kier alpha value is -4.89. The third-order valence-corrected chi connectivity index (χ3v) is 6.97.